The molecule has 1 heterocycles. The molecular weight excluding hydrogens is 410 g/mol. The predicted molar refractivity (Wildman–Crippen MR) is 116 cm³/mol. The van der Waals surface area contributed by atoms with Crippen LogP contribution in [0.1, 0.15) is 17.5 Å². The van der Waals surface area contributed by atoms with E-state index in [1.54, 1.807) is 24.3 Å². The first-order valence-corrected chi connectivity index (χ1v) is 11.5. The van der Waals surface area contributed by atoms with E-state index in [0.717, 1.165) is 29.4 Å². The molecule has 1 aliphatic rings. The molecule has 1 saturated heterocycles. The van der Waals surface area contributed by atoms with Crippen molar-refractivity contribution in [3.8, 4) is 0 Å². The van der Waals surface area contributed by atoms with Gasteiger partial charge in [-0.15, -0.1) is 0 Å². The van der Waals surface area contributed by atoms with E-state index in [1.165, 1.54) is 12.6 Å². The van der Waals surface area contributed by atoms with Crippen LogP contribution in [0, 0.1) is 6.92 Å². The first kappa shape index (κ1) is 21.6. The molecule has 0 radical (unpaired) electrons. The Labute approximate surface area is 177 Å². The summed E-state index contributed by atoms with van der Waals surface area (Å²) in [6, 6.07) is 12.5. The number of amides is 1. The molecule has 0 saturated carbocycles. The number of piperazine rings is 1. The molecule has 0 atom stereocenters. The van der Waals surface area contributed by atoms with Crippen molar-refractivity contribution in [2.75, 3.05) is 38.1 Å². The Hall–Kier alpha value is -2.09. The van der Waals surface area contributed by atoms with Gasteiger partial charge in [-0.05, 0) is 55.8 Å². The SMILES string of the molecule is CNS(=O)(=O)c1ccc(CCC(=O)N2CCN(c3cc(Cl)ccc3C)CC2)cc1. The number of benzene rings is 2. The van der Waals surface area contributed by atoms with Gasteiger partial charge in [-0.2, -0.15) is 0 Å². The van der Waals surface area contributed by atoms with Crippen molar-refractivity contribution in [1.82, 2.24) is 9.62 Å². The number of hydrogen-bond acceptors (Lipinski definition) is 4. The fourth-order valence-electron chi connectivity index (χ4n) is 3.48. The van der Waals surface area contributed by atoms with Gasteiger partial charge in [-0.3, -0.25) is 4.79 Å². The number of carbonyl (C=O) groups is 1. The molecule has 0 bridgehead atoms. The van der Waals surface area contributed by atoms with Gasteiger partial charge in [0.2, 0.25) is 15.9 Å². The highest BCUT2D eigenvalue weighted by atomic mass is 35.5. The van der Waals surface area contributed by atoms with Crippen LogP contribution in [0.3, 0.4) is 0 Å². The molecule has 3 rings (SSSR count). The van der Waals surface area contributed by atoms with Crippen LogP contribution >= 0.6 is 11.6 Å². The van der Waals surface area contributed by atoms with E-state index in [9.17, 15) is 13.2 Å². The summed E-state index contributed by atoms with van der Waals surface area (Å²) in [5.74, 6) is 0.124. The highest BCUT2D eigenvalue weighted by molar-refractivity contribution is 7.89. The van der Waals surface area contributed by atoms with Crippen molar-refractivity contribution in [1.29, 1.82) is 0 Å². The fourth-order valence-corrected chi connectivity index (χ4v) is 4.38. The summed E-state index contributed by atoms with van der Waals surface area (Å²) in [6.45, 7) is 5.00. The molecule has 0 aromatic heterocycles. The lowest BCUT2D eigenvalue weighted by Crippen LogP contribution is -2.49. The number of hydrogen-bond donors (Lipinski definition) is 1. The van der Waals surface area contributed by atoms with Crippen LogP contribution in [0.2, 0.25) is 5.02 Å². The number of rotatable bonds is 6. The maximum absolute atomic E-state index is 12.6. The summed E-state index contributed by atoms with van der Waals surface area (Å²) in [7, 11) is -2.05. The molecule has 156 valence electrons. The Morgan fingerprint density at radius 2 is 1.72 bits per heavy atom. The van der Waals surface area contributed by atoms with Crippen molar-refractivity contribution in [2.24, 2.45) is 0 Å². The van der Waals surface area contributed by atoms with Crippen LogP contribution in [-0.2, 0) is 21.2 Å². The first-order chi connectivity index (χ1) is 13.8. The van der Waals surface area contributed by atoms with Crippen LogP contribution in [0.5, 0.6) is 0 Å². The highest BCUT2D eigenvalue weighted by Gasteiger charge is 2.22. The largest absolute Gasteiger partial charge is 0.368 e. The molecule has 0 aliphatic carbocycles. The standard InChI is InChI=1S/C21H26ClN3O3S/c1-16-3-7-18(22)15-20(16)24-11-13-25(14-12-24)21(26)10-6-17-4-8-19(9-5-17)29(27,28)23-2/h3-5,7-9,15,23H,6,10-14H2,1-2H3. The molecule has 2 aromatic rings. The van der Waals surface area contributed by atoms with Crippen molar-refractivity contribution < 1.29 is 13.2 Å². The zero-order valence-electron chi connectivity index (χ0n) is 16.7. The van der Waals surface area contributed by atoms with Crippen molar-refractivity contribution in [2.45, 2.75) is 24.7 Å². The maximum Gasteiger partial charge on any atom is 0.240 e. The van der Waals surface area contributed by atoms with E-state index < -0.39 is 10.0 Å². The molecule has 1 aliphatic heterocycles. The Morgan fingerprint density at radius 1 is 1.07 bits per heavy atom. The Kier molecular flexibility index (Phi) is 6.82. The van der Waals surface area contributed by atoms with Gasteiger partial charge in [0.15, 0.2) is 0 Å². The van der Waals surface area contributed by atoms with Gasteiger partial charge in [0.1, 0.15) is 0 Å². The molecule has 29 heavy (non-hydrogen) atoms. The van der Waals surface area contributed by atoms with Crippen LogP contribution in [0.25, 0.3) is 0 Å². The molecule has 2 aromatic carbocycles. The number of anilines is 1. The van der Waals surface area contributed by atoms with Gasteiger partial charge in [-0.1, -0.05) is 29.8 Å². The third-order valence-corrected chi connectivity index (χ3v) is 6.94. The molecule has 0 unspecified atom stereocenters. The number of halogens is 1. The van der Waals surface area contributed by atoms with Gasteiger partial charge in [0, 0.05) is 43.3 Å². The minimum Gasteiger partial charge on any atom is -0.368 e. The second-order valence-electron chi connectivity index (χ2n) is 7.15. The minimum absolute atomic E-state index is 0.124. The fraction of sp³-hybridized carbons (Fsp3) is 0.381. The maximum atomic E-state index is 12.6. The van der Waals surface area contributed by atoms with Crippen LogP contribution in [-0.4, -0.2) is 52.5 Å². The Morgan fingerprint density at radius 3 is 2.34 bits per heavy atom. The first-order valence-electron chi connectivity index (χ1n) is 9.61. The van der Waals surface area contributed by atoms with E-state index >= 15 is 0 Å². The third kappa shape index (κ3) is 5.29. The van der Waals surface area contributed by atoms with E-state index in [1.807, 2.05) is 23.1 Å². The average molecular weight is 436 g/mol. The van der Waals surface area contributed by atoms with Crippen LogP contribution in [0.4, 0.5) is 5.69 Å². The number of carbonyl (C=O) groups excluding carboxylic acids is 1. The van der Waals surface area contributed by atoms with Crippen molar-refractivity contribution >= 4 is 33.2 Å². The van der Waals surface area contributed by atoms with Gasteiger partial charge in [0.25, 0.3) is 0 Å². The second-order valence-corrected chi connectivity index (χ2v) is 9.47. The van der Waals surface area contributed by atoms with Crippen molar-refractivity contribution in [3.05, 3.63) is 58.6 Å². The zero-order valence-corrected chi connectivity index (χ0v) is 18.3. The smallest absolute Gasteiger partial charge is 0.240 e. The van der Waals surface area contributed by atoms with E-state index in [0.29, 0.717) is 25.9 Å². The normalized spacial score (nSPS) is 14.9. The summed E-state index contributed by atoms with van der Waals surface area (Å²) in [5.41, 5.74) is 3.25. The highest BCUT2D eigenvalue weighted by Crippen LogP contribution is 2.25. The van der Waals surface area contributed by atoms with Gasteiger partial charge >= 0.3 is 0 Å². The Bertz CT molecular complexity index is 969. The van der Waals surface area contributed by atoms with Crippen molar-refractivity contribution in [3.63, 3.8) is 0 Å². The Balaban J connectivity index is 1.52. The zero-order chi connectivity index (χ0) is 21.0. The van der Waals surface area contributed by atoms with Gasteiger partial charge in [-0.25, -0.2) is 13.1 Å². The monoisotopic (exact) mass is 435 g/mol. The summed E-state index contributed by atoms with van der Waals surface area (Å²) < 4.78 is 25.8. The van der Waals surface area contributed by atoms with E-state index in [4.69, 9.17) is 11.6 Å². The summed E-state index contributed by atoms with van der Waals surface area (Å²) in [4.78, 5) is 17.0. The lowest BCUT2D eigenvalue weighted by molar-refractivity contribution is -0.131. The minimum atomic E-state index is -3.44. The van der Waals surface area contributed by atoms with Gasteiger partial charge < -0.3 is 9.80 Å². The quantitative estimate of drug-likeness (QED) is 0.757. The molecular formula is C21H26ClN3O3S. The van der Waals surface area contributed by atoms with Gasteiger partial charge in [0.05, 0.1) is 4.90 Å². The average Bonchev–Trinajstić information content (AvgIpc) is 2.74. The molecule has 1 amide bonds. The molecule has 6 nitrogen and oxygen atoms in total. The topological polar surface area (TPSA) is 69.7 Å². The lowest BCUT2D eigenvalue weighted by atomic mass is 10.1. The molecule has 0 spiro atoms. The summed E-state index contributed by atoms with van der Waals surface area (Å²) >= 11 is 6.13. The molecule has 1 fully saturated rings. The summed E-state index contributed by atoms with van der Waals surface area (Å²) in [6.07, 6.45) is 1.00. The number of nitrogens with zero attached hydrogens (tertiary/aromatic N) is 2. The summed E-state index contributed by atoms with van der Waals surface area (Å²) in [5, 5.41) is 0.720. The third-order valence-electron chi connectivity index (χ3n) is 5.27. The number of aryl methyl sites for hydroxylation is 2. The second kappa shape index (κ2) is 9.15. The van der Waals surface area contributed by atoms with Crippen LogP contribution < -0.4 is 9.62 Å². The van der Waals surface area contributed by atoms with E-state index in [2.05, 4.69) is 16.5 Å². The predicted octanol–water partition coefficient (Wildman–Crippen LogP) is 2.84. The van der Waals surface area contributed by atoms with E-state index in [-0.39, 0.29) is 10.8 Å². The lowest BCUT2D eigenvalue weighted by Gasteiger charge is -2.37. The number of sulfonamides is 1. The molecule has 8 heteroatoms. The number of nitrogens with one attached hydrogen (secondary N) is 1. The molecule has 1 N–H and O–H groups in total. The van der Waals surface area contributed by atoms with Crippen LogP contribution in [0.15, 0.2) is 47.4 Å².